The molecule has 0 atom stereocenters. The van der Waals surface area contributed by atoms with Crippen LogP contribution in [0.5, 0.6) is 0 Å². The normalized spacial score (nSPS) is 22.6. The maximum atomic E-state index is 5.51. The SMILES string of the molecule is CCn1ncc2nc(Nc3cnn(C)c3)nc(N[C@H]3CC[C@H](N4CCOCC4)CC3)c21. The number of morpholine rings is 1. The molecule has 1 aliphatic carbocycles. The first-order valence-electron chi connectivity index (χ1n) is 11.3. The van der Waals surface area contributed by atoms with E-state index in [-0.39, 0.29) is 0 Å². The van der Waals surface area contributed by atoms with Crippen LogP contribution in [0.3, 0.4) is 0 Å². The number of anilines is 3. The van der Waals surface area contributed by atoms with E-state index in [1.807, 2.05) is 24.1 Å². The molecule has 1 saturated heterocycles. The van der Waals surface area contributed by atoms with Crippen molar-refractivity contribution in [3.8, 4) is 0 Å². The third-order valence-corrected chi connectivity index (χ3v) is 6.35. The third kappa shape index (κ3) is 4.35. The summed E-state index contributed by atoms with van der Waals surface area (Å²) in [6, 6.07) is 1.08. The van der Waals surface area contributed by atoms with E-state index in [1.54, 1.807) is 10.9 Å². The molecule has 2 N–H and O–H groups in total. The highest BCUT2D eigenvalue weighted by atomic mass is 16.5. The second-order valence-electron chi connectivity index (χ2n) is 8.42. The van der Waals surface area contributed by atoms with E-state index in [4.69, 9.17) is 9.72 Å². The van der Waals surface area contributed by atoms with Gasteiger partial charge in [0.25, 0.3) is 0 Å². The zero-order valence-electron chi connectivity index (χ0n) is 18.3. The Bertz CT molecular complexity index is 1020. The second-order valence-corrected chi connectivity index (χ2v) is 8.42. The standard InChI is InChI=1S/C21H31N9O/c1-3-30-19-18(13-23-30)26-21(25-16-12-22-28(2)14-16)27-20(19)24-15-4-6-17(7-5-15)29-8-10-31-11-9-29/h12-15,17H,3-11H2,1-2H3,(H2,24,25,26,27)/t15-,17-. The van der Waals surface area contributed by atoms with Gasteiger partial charge in [-0.15, -0.1) is 0 Å². The monoisotopic (exact) mass is 425 g/mol. The number of nitrogens with zero attached hydrogens (tertiary/aromatic N) is 7. The van der Waals surface area contributed by atoms with Crippen LogP contribution in [0.4, 0.5) is 17.5 Å². The predicted octanol–water partition coefficient (Wildman–Crippen LogP) is 2.38. The maximum absolute atomic E-state index is 5.51. The average molecular weight is 426 g/mol. The first kappa shape index (κ1) is 20.2. The first-order chi connectivity index (χ1) is 15.2. The van der Waals surface area contributed by atoms with Crippen LogP contribution < -0.4 is 10.6 Å². The van der Waals surface area contributed by atoms with Crippen molar-refractivity contribution in [2.24, 2.45) is 7.05 Å². The van der Waals surface area contributed by atoms with Crippen molar-refractivity contribution < 1.29 is 4.74 Å². The van der Waals surface area contributed by atoms with Gasteiger partial charge in [-0.25, -0.2) is 4.98 Å². The number of fused-ring (bicyclic) bond motifs is 1. The Hall–Kier alpha value is -2.72. The zero-order valence-corrected chi connectivity index (χ0v) is 18.3. The topological polar surface area (TPSA) is 98.0 Å². The molecular weight excluding hydrogens is 394 g/mol. The van der Waals surface area contributed by atoms with Crippen LogP contribution in [-0.2, 0) is 18.3 Å². The molecular formula is C21H31N9O. The van der Waals surface area contributed by atoms with Gasteiger partial charge in [-0.3, -0.25) is 14.3 Å². The molecule has 10 nitrogen and oxygen atoms in total. The molecule has 2 fully saturated rings. The van der Waals surface area contributed by atoms with Crippen molar-refractivity contribution in [2.45, 2.75) is 51.2 Å². The molecule has 166 valence electrons. The van der Waals surface area contributed by atoms with Gasteiger partial charge in [-0.1, -0.05) is 0 Å². The van der Waals surface area contributed by atoms with Gasteiger partial charge < -0.3 is 15.4 Å². The fourth-order valence-electron chi connectivity index (χ4n) is 4.73. The molecule has 0 aromatic carbocycles. The van der Waals surface area contributed by atoms with E-state index in [0.29, 0.717) is 18.0 Å². The van der Waals surface area contributed by atoms with Crippen LogP contribution in [0.1, 0.15) is 32.6 Å². The quantitative estimate of drug-likeness (QED) is 0.621. The smallest absolute Gasteiger partial charge is 0.230 e. The minimum Gasteiger partial charge on any atom is -0.379 e. The lowest BCUT2D eigenvalue weighted by molar-refractivity contribution is 0.00791. The minimum atomic E-state index is 0.404. The lowest BCUT2D eigenvalue weighted by Crippen LogP contribution is -2.46. The van der Waals surface area contributed by atoms with Crippen molar-refractivity contribution in [3.05, 3.63) is 18.6 Å². The number of hydrogen-bond donors (Lipinski definition) is 2. The Morgan fingerprint density at radius 1 is 1.06 bits per heavy atom. The lowest BCUT2D eigenvalue weighted by Gasteiger charge is -2.39. The molecule has 0 spiro atoms. The Balaban J connectivity index is 1.33. The second kappa shape index (κ2) is 8.80. The third-order valence-electron chi connectivity index (χ3n) is 6.35. The Kier molecular flexibility index (Phi) is 5.73. The summed E-state index contributed by atoms with van der Waals surface area (Å²) in [6.45, 7) is 6.73. The van der Waals surface area contributed by atoms with E-state index < -0.39 is 0 Å². The number of aryl methyl sites for hydroxylation is 2. The highest BCUT2D eigenvalue weighted by Crippen LogP contribution is 2.29. The van der Waals surface area contributed by atoms with Gasteiger partial charge in [-0.05, 0) is 32.6 Å². The van der Waals surface area contributed by atoms with Crippen LogP contribution in [0.15, 0.2) is 18.6 Å². The number of hydrogen-bond acceptors (Lipinski definition) is 8. The summed E-state index contributed by atoms with van der Waals surface area (Å²) in [5.74, 6) is 1.41. The van der Waals surface area contributed by atoms with E-state index >= 15 is 0 Å². The highest BCUT2D eigenvalue weighted by molar-refractivity contribution is 5.87. The minimum absolute atomic E-state index is 0.404. The number of aromatic nitrogens is 6. The molecule has 1 saturated carbocycles. The van der Waals surface area contributed by atoms with Gasteiger partial charge in [0.15, 0.2) is 5.82 Å². The van der Waals surface area contributed by atoms with Gasteiger partial charge >= 0.3 is 0 Å². The molecule has 0 unspecified atom stereocenters. The molecule has 5 rings (SSSR count). The van der Waals surface area contributed by atoms with Crippen molar-refractivity contribution >= 4 is 28.5 Å². The predicted molar refractivity (Wildman–Crippen MR) is 120 cm³/mol. The highest BCUT2D eigenvalue weighted by Gasteiger charge is 2.27. The van der Waals surface area contributed by atoms with Crippen LogP contribution in [0.25, 0.3) is 11.0 Å². The van der Waals surface area contributed by atoms with Crippen molar-refractivity contribution in [3.63, 3.8) is 0 Å². The van der Waals surface area contributed by atoms with Crippen LogP contribution >= 0.6 is 0 Å². The van der Waals surface area contributed by atoms with E-state index in [0.717, 1.165) is 68.2 Å². The maximum Gasteiger partial charge on any atom is 0.230 e. The molecule has 3 aromatic rings. The van der Waals surface area contributed by atoms with Crippen LogP contribution in [-0.4, -0.2) is 72.8 Å². The molecule has 0 bridgehead atoms. The molecule has 4 heterocycles. The van der Waals surface area contributed by atoms with E-state index in [2.05, 4.69) is 37.6 Å². The number of nitrogens with one attached hydrogen (secondary N) is 2. The fourth-order valence-corrected chi connectivity index (χ4v) is 4.73. The Morgan fingerprint density at radius 2 is 1.87 bits per heavy atom. The summed E-state index contributed by atoms with van der Waals surface area (Å²) in [5.41, 5.74) is 2.67. The molecule has 3 aromatic heterocycles. The zero-order chi connectivity index (χ0) is 21.2. The van der Waals surface area contributed by atoms with Gasteiger partial charge in [-0.2, -0.15) is 15.2 Å². The summed E-state index contributed by atoms with van der Waals surface area (Å²) in [5, 5.41) is 15.7. The fraction of sp³-hybridized carbons (Fsp3) is 0.619. The molecule has 31 heavy (non-hydrogen) atoms. The van der Waals surface area contributed by atoms with Crippen molar-refractivity contribution in [2.75, 3.05) is 36.9 Å². The van der Waals surface area contributed by atoms with Crippen molar-refractivity contribution in [1.82, 2.24) is 34.4 Å². The summed E-state index contributed by atoms with van der Waals surface area (Å²) in [6.07, 6.45) is 10.2. The summed E-state index contributed by atoms with van der Waals surface area (Å²) >= 11 is 0. The summed E-state index contributed by atoms with van der Waals surface area (Å²) < 4.78 is 9.23. The molecule has 0 radical (unpaired) electrons. The Morgan fingerprint density at radius 3 is 2.58 bits per heavy atom. The van der Waals surface area contributed by atoms with Crippen molar-refractivity contribution in [1.29, 1.82) is 0 Å². The molecule has 2 aliphatic rings. The first-order valence-corrected chi connectivity index (χ1v) is 11.3. The summed E-state index contributed by atoms with van der Waals surface area (Å²) in [4.78, 5) is 12.1. The lowest BCUT2D eigenvalue weighted by atomic mass is 9.90. The van der Waals surface area contributed by atoms with Gasteiger partial charge in [0.1, 0.15) is 11.0 Å². The van der Waals surface area contributed by atoms with Crippen LogP contribution in [0.2, 0.25) is 0 Å². The van der Waals surface area contributed by atoms with E-state index in [9.17, 15) is 0 Å². The molecule has 0 amide bonds. The molecule has 10 heteroatoms. The van der Waals surface area contributed by atoms with Gasteiger partial charge in [0.05, 0.1) is 31.3 Å². The average Bonchev–Trinajstić information content (AvgIpc) is 3.40. The van der Waals surface area contributed by atoms with Crippen LogP contribution in [0, 0.1) is 0 Å². The largest absolute Gasteiger partial charge is 0.379 e. The van der Waals surface area contributed by atoms with Gasteiger partial charge in [0, 0.05) is 45.0 Å². The number of ether oxygens (including phenoxy) is 1. The van der Waals surface area contributed by atoms with E-state index in [1.165, 1.54) is 12.8 Å². The Labute approximate surface area is 182 Å². The number of rotatable bonds is 6. The summed E-state index contributed by atoms with van der Waals surface area (Å²) in [7, 11) is 1.89. The molecule has 1 aliphatic heterocycles. The van der Waals surface area contributed by atoms with Gasteiger partial charge in [0.2, 0.25) is 5.95 Å².